The molecule has 1 saturated heterocycles. The van der Waals surface area contributed by atoms with E-state index < -0.39 is 16.8 Å². The number of aromatic nitrogens is 2. The van der Waals surface area contributed by atoms with E-state index in [-0.39, 0.29) is 18.7 Å². The molecule has 2 unspecified atom stereocenters. The van der Waals surface area contributed by atoms with E-state index in [1.165, 1.54) is 18.5 Å². The Balaban J connectivity index is 1.66. The van der Waals surface area contributed by atoms with E-state index in [4.69, 9.17) is 10.5 Å². The van der Waals surface area contributed by atoms with Gasteiger partial charge in [0.1, 0.15) is 16.8 Å². The molecule has 0 spiro atoms. The van der Waals surface area contributed by atoms with Crippen molar-refractivity contribution in [2.24, 2.45) is 0 Å². The van der Waals surface area contributed by atoms with Crippen LogP contribution in [0.5, 0.6) is 0 Å². The minimum absolute atomic E-state index is 0.124. The van der Waals surface area contributed by atoms with Gasteiger partial charge in [-0.25, -0.2) is 22.9 Å². The predicted molar refractivity (Wildman–Crippen MR) is 112 cm³/mol. The van der Waals surface area contributed by atoms with Gasteiger partial charge in [0, 0.05) is 36.6 Å². The van der Waals surface area contributed by atoms with Crippen molar-refractivity contribution in [2.45, 2.75) is 11.0 Å². The highest BCUT2D eigenvalue weighted by Crippen LogP contribution is 2.31. The van der Waals surface area contributed by atoms with Gasteiger partial charge in [-0.2, -0.15) is 0 Å². The fourth-order valence-electron chi connectivity index (χ4n) is 3.34. The number of rotatable bonds is 5. The first-order chi connectivity index (χ1) is 14.6. The van der Waals surface area contributed by atoms with E-state index >= 15 is 0 Å². The molecule has 3 aromatic rings. The number of anilines is 1. The third-order valence-electron chi connectivity index (χ3n) is 4.88. The summed E-state index contributed by atoms with van der Waals surface area (Å²) >= 11 is 0. The average Bonchev–Trinajstić information content (AvgIpc) is 2.79. The molecule has 2 aromatic carbocycles. The second kappa shape index (κ2) is 8.97. The molecular formula is C21H21FN4O3S. The van der Waals surface area contributed by atoms with Crippen molar-refractivity contribution in [1.82, 2.24) is 14.3 Å². The lowest BCUT2D eigenvalue weighted by Gasteiger charge is -2.31. The Kier molecular flexibility index (Phi) is 6.14. The number of nitrogen functional groups attached to an aromatic ring is 1. The lowest BCUT2D eigenvalue weighted by atomic mass is 10.0. The summed E-state index contributed by atoms with van der Waals surface area (Å²) in [6, 6.07) is 12.1. The van der Waals surface area contributed by atoms with Crippen molar-refractivity contribution in [3.05, 3.63) is 60.7 Å². The van der Waals surface area contributed by atoms with Gasteiger partial charge in [-0.3, -0.25) is 0 Å². The lowest BCUT2D eigenvalue weighted by Crippen LogP contribution is -2.44. The Morgan fingerprint density at radius 3 is 2.67 bits per heavy atom. The predicted octanol–water partition coefficient (Wildman–Crippen LogP) is 2.25. The maximum atomic E-state index is 14.9. The van der Waals surface area contributed by atoms with E-state index in [2.05, 4.69) is 9.97 Å². The third-order valence-corrected chi connectivity index (χ3v) is 6.41. The van der Waals surface area contributed by atoms with Gasteiger partial charge in [0.25, 0.3) is 0 Å². The first-order valence-corrected chi connectivity index (χ1v) is 10.5. The van der Waals surface area contributed by atoms with Crippen LogP contribution in [0.25, 0.3) is 22.3 Å². The summed E-state index contributed by atoms with van der Waals surface area (Å²) in [5, 5.41) is 9.35. The fourth-order valence-corrected chi connectivity index (χ4v) is 4.73. The number of aliphatic hydroxyl groups is 1. The number of morpholine rings is 1. The van der Waals surface area contributed by atoms with Gasteiger partial charge in [0.15, 0.2) is 0 Å². The van der Waals surface area contributed by atoms with Crippen molar-refractivity contribution in [1.29, 1.82) is 0 Å². The third kappa shape index (κ3) is 4.24. The van der Waals surface area contributed by atoms with Gasteiger partial charge in [0.2, 0.25) is 5.95 Å². The highest BCUT2D eigenvalue weighted by atomic mass is 32.2. The molecule has 0 amide bonds. The van der Waals surface area contributed by atoms with Crippen molar-refractivity contribution in [3.63, 3.8) is 0 Å². The van der Waals surface area contributed by atoms with Crippen molar-refractivity contribution < 1.29 is 18.4 Å². The quantitative estimate of drug-likeness (QED) is 0.646. The second-order valence-corrected chi connectivity index (χ2v) is 8.29. The summed E-state index contributed by atoms with van der Waals surface area (Å²) in [5.74, 6) is -0.313. The van der Waals surface area contributed by atoms with Gasteiger partial charge >= 0.3 is 0 Å². The van der Waals surface area contributed by atoms with E-state index in [1.807, 2.05) is 12.1 Å². The van der Waals surface area contributed by atoms with Gasteiger partial charge in [-0.05, 0) is 23.3 Å². The number of ether oxygens (including phenoxy) is 1. The number of hydrogen-bond donors (Lipinski definition) is 2. The van der Waals surface area contributed by atoms with Crippen molar-refractivity contribution in [3.8, 4) is 22.3 Å². The van der Waals surface area contributed by atoms with Crippen LogP contribution in [-0.4, -0.2) is 56.0 Å². The summed E-state index contributed by atoms with van der Waals surface area (Å²) in [5.41, 5.74) is 7.67. The Morgan fingerprint density at radius 2 is 1.93 bits per heavy atom. The number of halogens is 1. The van der Waals surface area contributed by atoms with E-state index in [9.17, 15) is 13.7 Å². The fraction of sp³-hybridized carbons (Fsp3) is 0.238. The molecule has 9 heteroatoms. The van der Waals surface area contributed by atoms with E-state index in [1.54, 1.807) is 28.6 Å². The molecule has 1 aromatic heterocycles. The van der Waals surface area contributed by atoms with Gasteiger partial charge in [0.05, 0.1) is 24.2 Å². The highest BCUT2D eigenvalue weighted by Gasteiger charge is 2.26. The van der Waals surface area contributed by atoms with Crippen molar-refractivity contribution >= 4 is 16.9 Å². The van der Waals surface area contributed by atoms with Gasteiger partial charge in [-0.1, -0.05) is 30.3 Å². The van der Waals surface area contributed by atoms with Crippen LogP contribution in [0.15, 0.2) is 59.8 Å². The first-order valence-electron chi connectivity index (χ1n) is 9.43. The monoisotopic (exact) mass is 428 g/mol. The van der Waals surface area contributed by atoms with Crippen LogP contribution >= 0.6 is 0 Å². The molecular weight excluding hydrogens is 407 g/mol. The molecule has 2 atom stereocenters. The second-order valence-electron chi connectivity index (χ2n) is 6.83. The molecule has 0 aliphatic carbocycles. The molecule has 1 aliphatic rings. The van der Waals surface area contributed by atoms with Crippen LogP contribution in [0.4, 0.5) is 10.3 Å². The molecule has 0 saturated carbocycles. The number of nitrogens with two attached hydrogens (primary N) is 1. The summed E-state index contributed by atoms with van der Waals surface area (Å²) in [7, 11) is -1.47. The number of nitrogens with zero attached hydrogens (tertiary/aromatic N) is 3. The molecule has 0 bridgehead atoms. The average molecular weight is 428 g/mol. The van der Waals surface area contributed by atoms with Crippen LogP contribution < -0.4 is 5.73 Å². The van der Waals surface area contributed by atoms with E-state index in [0.29, 0.717) is 46.8 Å². The smallest absolute Gasteiger partial charge is 0.219 e. The van der Waals surface area contributed by atoms with Gasteiger partial charge in [-0.15, -0.1) is 0 Å². The van der Waals surface area contributed by atoms with Gasteiger partial charge < -0.3 is 15.6 Å². The Labute approximate surface area is 175 Å². The largest absolute Gasteiger partial charge is 0.394 e. The standard InChI is InChI=1S/C21H21FN4O3S/c22-19-9-14(5-6-17(19)15-10-24-21(23)25-11-15)18-3-1-2-4-20(18)30(28)26-7-8-29-16(12-26)13-27/h1-6,9-11,16,27H,7-8,12-13H2,(H2,23,24,25). The maximum absolute atomic E-state index is 14.9. The summed E-state index contributed by atoms with van der Waals surface area (Å²) < 4.78 is 35.3. The number of aliphatic hydroxyl groups excluding tert-OH is 1. The molecule has 156 valence electrons. The molecule has 0 radical (unpaired) electrons. The SMILES string of the molecule is Nc1ncc(-c2ccc(-c3ccccc3S(=O)N3CCOC(CO)C3)cc2F)cn1. The van der Waals surface area contributed by atoms with Crippen LogP contribution in [-0.2, 0) is 15.7 Å². The molecule has 7 nitrogen and oxygen atoms in total. The normalized spacial score (nSPS) is 18.3. The van der Waals surface area contributed by atoms with Crippen LogP contribution in [0, 0.1) is 5.82 Å². The number of benzene rings is 2. The maximum Gasteiger partial charge on any atom is 0.219 e. The lowest BCUT2D eigenvalue weighted by molar-refractivity contribution is -0.0293. The summed E-state index contributed by atoms with van der Waals surface area (Å²) in [6.07, 6.45) is 2.58. The molecule has 4 rings (SSSR count). The van der Waals surface area contributed by atoms with Crippen LogP contribution in [0.3, 0.4) is 0 Å². The Morgan fingerprint density at radius 1 is 1.17 bits per heavy atom. The van der Waals surface area contributed by atoms with Crippen LogP contribution in [0.1, 0.15) is 0 Å². The Bertz CT molecular complexity index is 1060. The molecule has 2 heterocycles. The Hall–Kier alpha value is -2.72. The first kappa shape index (κ1) is 20.5. The summed E-state index contributed by atoms with van der Waals surface area (Å²) in [6.45, 7) is 1.12. The van der Waals surface area contributed by atoms with Crippen LogP contribution in [0.2, 0.25) is 0 Å². The zero-order chi connectivity index (χ0) is 21.1. The zero-order valence-corrected chi connectivity index (χ0v) is 16.9. The topological polar surface area (TPSA) is 102 Å². The molecule has 3 N–H and O–H groups in total. The summed E-state index contributed by atoms with van der Waals surface area (Å²) in [4.78, 5) is 8.39. The minimum atomic E-state index is -1.47. The molecule has 1 fully saturated rings. The highest BCUT2D eigenvalue weighted by molar-refractivity contribution is 7.82. The minimum Gasteiger partial charge on any atom is -0.394 e. The van der Waals surface area contributed by atoms with E-state index in [0.717, 1.165) is 0 Å². The molecule has 1 aliphatic heterocycles. The zero-order valence-electron chi connectivity index (χ0n) is 16.1. The van der Waals surface area contributed by atoms with Crippen molar-refractivity contribution in [2.75, 3.05) is 32.0 Å². The number of hydrogen-bond acceptors (Lipinski definition) is 6. The molecule has 30 heavy (non-hydrogen) atoms.